The number of hydrogen-bond donors (Lipinski definition) is 0. The summed E-state index contributed by atoms with van der Waals surface area (Å²) in [6, 6.07) is 34.8. The van der Waals surface area contributed by atoms with Gasteiger partial charge in [-0.3, -0.25) is 4.57 Å². The van der Waals surface area contributed by atoms with Crippen LogP contribution in [-0.4, -0.2) is 9.55 Å². The van der Waals surface area contributed by atoms with Crippen LogP contribution >= 0.6 is 0 Å². The van der Waals surface area contributed by atoms with Crippen molar-refractivity contribution in [3.05, 3.63) is 108 Å². The normalized spacial score (nSPS) is 13.8. The lowest BCUT2D eigenvalue weighted by atomic mass is 9.74. The molecule has 1 aromatic heterocycles. The van der Waals surface area contributed by atoms with Gasteiger partial charge in [0.15, 0.2) is 0 Å². The van der Waals surface area contributed by atoms with Crippen molar-refractivity contribution in [3.8, 4) is 28.2 Å². The Hall–Kier alpha value is -3.65. The molecular formula is C30H26N2. The number of para-hydroxylation sites is 1. The van der Waals surface area contributed by atoms with Crippen molar-refractivity contribution in [3.63, 3.8) is 0 Å². The molecule has 0 unspecified atom stereocenters. The minimum atomic E-state index is 0.0544. The summed E-state index contributed by atoms with van der Waals surface area (Å²) in [6.45, 7) is 4.65. The van der Waals surface area contributed by atoms with E-state index in [1.54, 1.807) is 0 Å². The number of imidazole rings is 1. The quantitative estimate of drug-likeness (QED) is 0.293. The van der Waals surface area contributed by atoms with Crippen LogP contribution in [0.3, 0.4) is 0 Å². The molecule has 0 saturated heterocycles. The summed E-state index contributed by atoms with van der Waals surface area (Å²) in [5, 5.41) is 0. The Morgan fingerprint density at radius 2 is 1.34 bits per heavy atom. The second-order valence-corrected chi connectivity index (χ2v) is 8.69. The first-order valence-corrected chi connectivity index (χ1v) is 11.5. The van der Waals surface area contributed by atoms with Crippen LogP contribution in [-0.2, 0) is 5.41 Å². The van der Waals surface area contributed by atoms with Crippen LogP contribution in [0.15, 0.2) is 97.1 Å². The summed E-state index contributed by atoms with van der Waals surface area (Å²) < 4.78 is 2.32. The summed E-state index contributed by atoms with van der Waals surface area (Å²) in [5.74, 6) is 0.988. The van der Waals surface area contributed by atoms with E-state index in [9.17, 15) is 0 Å². The molecule has 0 radical (unpaired) electrons. The summed E-state index contributed by atoms with van der Waals surface area (Å²) in [5.41, 5.74) is 10.1. The van der Waals surface area contributed by atoms with Gasteiger partial charge in [-0.25, -0.2) is 4.98 Å². The topological polar surface area (TPSA) is 17.8 Å². The van der Waals surface area contributed by atoms with Gasteiger partial charge >= 0.3 is 0 Å². The van der Waals surface area contributed by atoms with Gasteiger partial charge in [0.1, 0.15) is 5.82 Å². The zero-order valence-corrected chi connectivity index (χ0v) is 18.5. The largest absolute Gasteiger partial charge is 0.292 e. The van der Waals surface area contributed by atoms with Crippen LogP contribution in [0.25, 0.3) is 39.2 Å². The number of fused-ring (bicyclic) bond motifs is 4. The highest BCUT2D eigenvalue weighted by molar-refractivity contribution is 5.93. The van der Waals surface area contributed by atoms with Crippen molar-refractivity contribution in [2.24, 2.45) is 0 Å². The molecule has 0 bridgehead atoms. The van der Waals surface area contributed by atoms with Gasteiger partial charge < -0.3 is 0 Å². The highest BCUT2D eigenvalue weighted by Gasteiger charge is 2.41. The van der Waals surface area contributed by atoms with E-state index in [1.807, 2.05) is 0 Å². The van der Waals surface area contributed by atoms with Crippen molar-refractivity contribution in [2.75, 3.05) is 0 Å². The predicted molar refractivity (Wildman–Crippen MR) is 133 cm³/mol. The predicted octanol–water partition coefficient (Wildman–Crippen LogP) is 7.78. The van der Waals surface area contributed by atoms with Gasteiger partial charge in [-0.1, -0.05) is 86.6 Å². The Labute approximate surface area is 189 Å². The number of nitrogens with zero attached hydrogens (tertiary/aromatic N) is 2. The fourth-order valence-electron chi connectivity index (χ4n) is 5.65. The van der Waals surface area contributed by atoms with Crippen molar-refractivity contribution >= 4 is 11.0 Å². The van der Waals surface area contributed by atoms with Crippen molar-refractivity contribution in [1.29, 1.82) is 0 Å². The monoisotopic (exact) mass is 414 g/mol. The third-order valence-electron chi connectivity index (χ3n) is 7.30. The smallest absolute Gasteiger partial charge is 0.145 e. The molecule has 32 heavy (non-hydrogen) atoms. The van der Waals surface area contributed by atoms with Gasteiger partial charge in [0.05, 0.1) is 11.0 Å². The Morgan fingerprint density at radius 1 is 0.688 bits per heavy atom. The van der Waals surface area contributed by atoms with Crippen LogP contribution in [0.1, 0.15) is 37.8 Å². The van der Waals surface area contributed by atoms with Gasteiger partial charge in [0.25, 0.3) is 0 Å². The summed E-state index contributed by atoms with van der Waals surface area (Å²) >= 11 is 0. The Bertz CT molecular complexity index is 1420. The lowest BCUT2D eigenvalue weighted by Gasteiger charge is -2.29. The molecule has 0 saturated carbocycles. The molecule has 156 valence electrons. The zero-order valence-electron chi connectivity index (χ0n) is 18.5. The summed E-state index contributed by atoms with van der Waals surface area (Å²) in [7, 11) is 0. The third-order valence-corrected chi connectivity index (χ3v) is 7.30. The first-order valence-electron chi connectivity index (χ1n) is 11.5. The standard InChI is InChI=1S/C30H26N2/c1-3-30(4-2)25-18-12-11-17-23(25)24-19-27-28(20-26(24)30)32(22-15-9-6-10-16-22)29(31-27)21-13-7-5-8-14-21/h5-20H,3-4H2,1-2H3. The first kappa shape index (κ1) is 19.1. The fourth-order valence-corrected chi connectivity index (χ4v) is 5.65. The van der Waals surface area contributed by atoms with Gasteiger partial charge in [-0.05, 0) is 59.4 Å². The van der Waals surface area contributed by atoms with Crippen LogP contribution in [0.5, 0.6) is 0 Å². The van der Waals surface area contributed by atoms with Crippen molar-refractivity contribution in [2.45, 2.75) is 32.1 Å². The maximum absolute atomic E-state index is 5.17. The van der Waals surface area contributed by atoms with E-state index < -0.39 is 0 Å². The van der Waals surface area contributed by atoms with Gasteiger partial charge in [0.2, 0.25) is 0 Å². The molecule has 2 nitrogen and oxygen atoms in total. The second-order valence-electron chi connectivity index (χ2n) is 8.69. The molecule has 0 fully saturated rings. The maximum Gasteiger partial charge on any atom is 0.145 e. The fraction of sp³-hybridized carbons (Fsp3) is 0.167. The third kappa shape index (κ3) is 2.56. The van der Waals surface area contributed by atoms with E-state index in [-0.39, 0.29) is 5.41 Å². The molecule has 1 aliphatic rings. The zero-order chi connectivity index (χ0) is 21.7. The van der Waals surface area contributed by atoms with Crippen molar-refractivity contribution in [1.82, 2.24) is 9.55 Å². The molecule has 2 heteroatoms. The van der Waals surface area contributed by atoms with E-state index in [4.69, 9.17) is 4.98 Å². The van der Waals surface area contributed by atoms with E-state index in [1.165, 1.54) is 27.8 Å². The van der Waals surface area contributed by atoms with E-state index in [2.05, 4.69) is 115 Å². The van der Waals surface area contributed by atoms with Crippen molar-refractivity contribution < 1.29 is 0 Å². The second kappa shape index (κ2) is 7.20. The number of rotatable bonds is 4. The molecule has 1 aliphatic carbocycles. The molecule has 5 aromatic rings. The van der Waals surface area contributed by atoms with E-state index in [0.29, 0.717) is 0 Å². The number of benzene rings is 4. The summed E-state index contributed by atoms with van der Waals surface area (Å²) in [4.78, 5) is 5.17. The minimum absolute atomic E-state index is 0.0544. The first-order chi connectivity index (χ1) is 15.8. The molecule has 1 heterocycles. The SMILES string of the molecule is CCC1(CC)c2ccccc2-c2cc3nc(-c4ccccc4)n(-c4ccccc4)c3cc21. The van der Waals surface area contributed by atoms with Crippen LogP contribution < -0.4 is 0 Å². The lowest BCUT2D eigenvalue weighted by Crippen LogP contribution is -2.23. The average Bonchev–Trinajstić information content (AvgIpc) is 3.37. The molecule has 0 atom stereocenters. The number of aromatic nitrogens is 2. The van der Waals surface area contributed by atoms with Gasteiger partial charge in [-0.15, -0.1) is 0 Å². The summed E-state index contributed by atoms with van der Waals surface area (Å²) in [6.07, 6.45) is 2.17. The highest BCUT2D eigenvalue weighted by Crippen LogP contribution is 2.53. The van der Waals surface area contributed by atoms with Gasteiger partial charge in [0, 0.05) is 16.7 Å². The van der Waals surface area contributed by atoms with Crippen LogP contribution in [0, 0.1) is 0 Å². The Balaban J connectivity index is 1.71. The number of hydrogen-bond acceptors (Lipinski definition) is 1. The molecule has 0 N–H and O–H groups in total. The maximum atomic E-state index is 5.17. The molecule has 0 amide bonds. The minimum Gasteiger partial charge on any atom is -0.292 e. The molecule has 0 aliphatic heterocycles. The molecule has 6 rings (SSSR count). The average molecular weight is 415 g/mol. The van der Waals surface area contributed by atoms with E-state index >= 15 is 0 Å². The van der Waals surface area contributed by atoms with Gasteiger partial charge in [-0.2, -0.15) is 0 Å². The van der Waals surface area contributed by atoms with Crippen LogP contribution in [0.4, 0.5) is 0 Å². The van der Waals surface area contributed by atoms with E-state index in [0.717, 1.165) is 35.4 Å². The molecule has 0 spiro atoms. The molecule has 4 aromatic carbocycles. The highest BCUT2D eigenvalue weighted by atomic mass is 15.1. The Kier molecular flexibility index (Phi) is 4.29. The van der Waals surface area contributed by atoms with Crippen LogP contribution in [0.2, 0.25) is 0 Å². The Morgan fingerprint density at radius 3 is 2.06 bits per heavy atom. The molecular weight excluding hydrogens is 388 g/mol. The lowest BCUT2D eigenvalue weighted by molar-refractivity contribution is 0.491.